The van der Waals surface area contributed by atoms with Gasteiger partial charge in [-0.2, -0.15) is 0 Å². The number of ether oxygens (including phenoxy) is 2. The van der Waals surface area contributed by atoms with Crippen LogP contribution in [0.5, 0.6) is 0 Å². The fourth-order valence-corrected chi connectivity index (χ4v) is 2.48. The van der Waals surface area contributed by atoms with Gasteiger partial charge in [0.05, 0.1) is 0 Å². The highest BCUT2D eigenvalue weighted by molar-refractivity contribution is 5.61. The quantitative estimate of drug-likeness (QED) is 0.205. The summed E-state index contributed by atoms with van der Waals surface area (Å²) in [5.41, 5.74) is 2.53. The Morgan fingerprint density at radius 3 is 2.64 bits per heavy atom. The van der Waals surface area contributed by atoms with Gasteiger partial charge in [0.1, 0.15) is 12.4 Å². The van der Waals surface area contributed by atoms with Crippen molar-refractivity contribution in [3.05, 3.63) is 59.6 Å². The van der Waals surface area contributed by atoms with Crippen molar-refractivity contribution >= 4 is 6.21 Å². The van der Waals surface area contributed by atoms with Gasteiger partial charge in [-0.05, 0) is 25.8 Å². The molecule has 1 aliphatic rings. The second-order valence-corrected chi connectivity index (χ2v) is 5.97. The first-order valence-corrected chi connectivity index (χ1v) is 8.72. The van der Waals surface area contributed by atoms with Crippen LogP contribution < -0.4 is 0 Å². The van der Waals surface area contributed by atoms with E-state index < -0.39 is 5.79 Å². The van der Waals surface area contributed by atoms with Crippen molar-refractivity contribution in [2.75, 3.05) is 13.7 Å². The molecule has 138 valence electrons. The Balaban J connectivity index is 2.97. The van der Waals surface area contributed by atoms with Crippen molar-refractivity contribution in [1.29, 1.82) is 0 Å². The van der Waals surface area contributed by atoms with Gasteiger partial charge in [-0.3, -0.25) is 4.99 Å². The maximum Gasteiger partial charge on any atom is 0.199 e. The van der Waals surface area contributed by atoms with Crippen LogP contribution in [0.1, 0.15) is 40.5 Å². The molecule has 0 amide bonds. The molecule has 0 aliphatic heterocycles. The largest absolute Gasteiger partial charge is 0.489 e. The minimum atomic E-state index is -1.25. The monoisotopic (exact) mass is 345 g/mol. The predicted octanol–water partition coefficient (Wildman–Crippen LogP) is 4.71. The molecule has 1 aliphatic carbocycles. The topological polar surface area (TPSA) is 51.0 Å². The highest BCUT2D eigenvalue weighted by Crippen LogP contribution is 2.52. The minimum absolute atomic E-state index is 0.106. The number of hydrogen-bond donors (Lipinski definition) is 1. The fourth-order valence-electron chi connectivity index (χ4n) is 2.48. The molecule has 1 fully saturated rings. The number of hydrogen-bond acceptors (Lipinski definition) is 4. The molecule has 0 bridgehead atoms. The molecule has 0 aromatic heterocycles. The van der Waals surface area contributed by atoms with Crippen LogP contribution in [0, 0.1) is 5.92 Å². The molecule has 0 radical (unpaired) electrons. The molecule has 0 saturated heterocycles. The molecule has 25 heavy (non-hydrogen) atoms. The Morgan fingerprint density at radius 2 is 2.12 bits per heavy atom. The van der Waals surface area contributed by atoms with E-state index in [9.17, 15) is 5.11 Å². The predicted molar refractivity (Wildman–Crippen MR) is 104 cm³/mol. The molecule has 4 nitrogen and oxygen atoms in total. The number of rotatable bonds is 10. The van der Waals surface area contributed by atoms with Crippen molar-refractivity contribution in [3.8, 4) is 0 Å². The van der Waals surface area contributed by atoms with Crippen LogP contribution in [0.4, 0.5) is 0 Å². The van der Waals surface area contributed by atoms with E-state index in [1.54, 1.807) is 6.08 Å². The fraction of sp³-hybridized carbons (Fsp3) is 0.476. The third kappa shape index (κ3) is 5.83. The van der Waals surface area contributed by atoms with Gasteiger partial charge < -0.3 is 14.6 Å². The average Bonchev–Trinajstić information content (AvgIpc) is 3.16. The van der Waals surface area contributed by atoms with E-state index in [4.69, 9.17) is 9.47 Å². The standard InChI is InChI=1S/C21H31NO3/c1-7-10-11-12-13-22-16(4)14-19(25-15-18(8-2)9-3)20-17(5)21(20,23)24-6/h8-11,13-14,17,23H,2,7,12,15H2,1,3-6H3/b11-10-,16-14+,18-9+,20-19+,22-13?/t17-,21?/m0/s1. The molecular formula is C21H31NO3. The van der Waals surface area contributed by atoms with Gasteiger partial charge in [-0.15, -0.1) is 0 Å². The third-order valence-electron chi connectivity index (χ3n) is 4.21. The Labute approximate surface area is 152 Å². The third-order valence-corrected chi connectivity index (χ3v) is 4.21. The molecule has 1 rings (SSSR count). The highest BCUT2D eigenvalue weighted by atomic mass is 16.6. The molecule has 0 aromatic carbocycles. The van der Waals surface area contributed by atoms with Crippen molar-refractivity contribution < 1.29 is 14.6 Å². The van der Waals surface area contributed by atoms with Crippen molar-refractivity contribution in [2.24, 2.45) is 10.9 Å². The summed E-state index contributed by atoms with van der Waals surface area (Å²) in [5, 5.41) is 10.4. The Bertz CT molecular complexity index is 611. The molecule has 0 heterocycles. The molecule has 0 aromatic rings. The van der Waals surface area contributed by atoms with Gasteiger partial charge >= 0.3 is 0 Å². The molecular weight excluding hydrogens is 314 g/mol. The number of aliphatic imine (C=N–C) groups is 1. The van der Waals surface area contributed by atoms with Crippen LogP contribution in [0.3, 0.4) is 0 Å². The first kappa shape index (κ1) is 21.1. The van der Waals surface area contributed by atoms with Gasteiger partial charge in [-0.25, -0.2) is 0 Å². The maximum atomic E-state index is 10.4. The molecule has 2 atom stereocenters. The van der Waals surface area contributed by atoms with Crippen LogP contribution in [0.25, 0.3) is 0 Å². The van der Waals surface area contributed by atoms with E-state index in [0.29, 0.717) is 12.4 Å². The lowest BCUT2D eigenvalue weighted by molar-refractivity contribution is -0.102. The summed E-state index contributed by atoms with van der Waals surface area (Å²) >= 11 is 0. The van der Waals surface area contributed by atoms with E-state index in [0.717, 1.165) is 29.7 Å². The van der Waals surface area contributed by atoms with E-state index in [1.165, 1.54) is 7.11 Å². The highest BCUT2D eigenvalue weighted by Gasteiger charge is 2.59. The van der Waals surface area contributed by atoms with Crippen molar-refractivity contribution in [3.63, 3.8) is 0 Å². The van der Waals surface area contributed by atoms with E-state index in [2.05, 4.69) is 30.6 Å². The minimum Gasteiger partial charge on any atom is -0.489 e. The number of methoxy groups -OCH3 is 1. The summed E-state index contributed by atoms with van der Waals surface area (Å²) < 4.78 is 11.2. The van der Waals surface area contributed by atoms with Crippen LogP contribution >= 0.6 is 0 Å². The van der Waals surface area contributed by atoms with Gasteiger partial charge in [0.25, 0.3) is 0 Å². The van der Waals surface area contributed by atoms with Gasteiger partial charge in [0.2, 0.25) is 0 Å². The second kappa shape index (κ2) is 10.2. The zero-order chi connectivity index (χ0) is 18.9. The lowest BCUT2D eigenvalue weighted by Crippen LogP contribution is -2.13. The maximum absolute atomic E-state index is 10.4. The number of aliphatic hydroxyl groups is 1. The molecule has 1 unspecified atom stereocenters. The normalized spacial score (nSPS) is 26.4. The molecule has 0 spiro atoms. The van der Waals surface area contributed by atoms with Gasteiger partial charge in [0, 0.05) is 43.0 Å². The van der Waals surface area contributed by atoms with E-state index in [-0.39, 0.29) is 5.92 Å². The summed E-state index contributed by atoms with van der Waals surface area (Å²) in [6, 6.07) is 0. The summed E-state index contributed by atoms with van der Waals surface area (Å²) in [6.07, 6.45) is 13.4. The van der Waals surface area contributed by atoms with Crippen molar-refractivity contribution in [1.82, 2.24) is 0 Å². The average molecular weight is 345 g/mol. The molecule has 1 saturated carbocycles. The first-order valence-electron chi connectivity index (χ1n) is 8.72. The van der Waals surface area contributed by atoms with E-state index >= 15 is 0 Å². The van der Waals surface area contributed by atoms with Gasteiger partial charge in [0.15, 0.2) is 5.79 Å². The van der Waals surface area contributed by atoms with Crippen LogP contribution in [-0.2, 0) is 9.47 Å². The summed E-state index contributed by atoms with van der Waals surface area (Å²) in [4.78, 5) is 4.43. The van der Waals surface area contributed by atoms with Gasteiger partial charge in [-0.1, -0.05) is 44.7 Å². The number of allylic oxidation sites excluding steroid dienone is 5. The SMILES string of the molecule is C=C/C(=C\C)COC(/C=C(\C)N=CC/C=C\CC)=C1\[C@H](C)C1(O)OC. The Kier molecular flexibility index (Phi) is 8.59. The summed E-state index contributed by atoms with van der Waals surface area (Å²) in [6.45, 7) is 12.0. The Hall–Kier alpha value is -1.91. The first-order chi connectivity index (χ1) is 11.9. The lowest BCUT2D eigenvalue weighted by Gasteiger charge is -2.10. The Morgan fingerprint density at radius 1 is 1.40 bits per heavy atom. The van der Waals surface area contributed by atoms with Crippen molar-refractivity contribution in [2.45, 2.75) is 46.3 Å². The van der Waals surface area contributed by atoms with Crippen LogP contribution in [0.15, 0.2) is 64.6 Å². The van der Waals surface area contributed by atoms with Crippen LogP contribution in [-0.4, -0.2) is 30.8 Å². The molecule has 4 heteroatoms. The second-order valence-electron chi connectivity index (χ2n) is 5.97. The zero-order valence-corrected chi connectivity index (χ0v) is 16.1. The van der Waals surface area contributed by atoms with E-state index in [1.807, 2.05) is 39.1 Å². The summed E-state index contributed by atoms with van der Waals surface area (Å²) in [5.74, 6) is -0.744. The zero-order valence-electron chi connectivity index (χ0n) is 16.1. The molecule has 1 N–H and O–H groups in total. The number of nitrogens with zero attached hydrogens (tertiary/aromatic N) is 1. The summed E-state index contributed by atoms with van der Waals surface area (Å²) in [7, 11) is 1.50. The lowest BCUT2D eigenvalue weighted by atomic mass is 10.2. The smallest absolute Gasteiger partial charge is 0.199 e. The van der Waals surface area contributed by atoms with Crippen LogP contribution in [0.2, 0.25) is 0 Å².